The highest BCUT2D eigenvalue weighted by atomic mass is 79.9. The molecule has 0 aliphatic carbocycles. The summed E-state index contributed by atoms with van der Waals surface area (Å²) in [6.45, 7) is 1.66. The van der Waals surface area contributed by atoms with Gasteiger partial charge in [-0.3, -0.25) is 14.9 Å². The second-order valence-corrected chi connectivity index (χ2v) is 3.58. The molecule has 14 heavy (non-hydrogen) atoms. The van der Waals surface area contributed by atoms with Crippen molar-refractivity contribution in [1.29, 1.82) is 0 Å². The molecule has 1 aromatic carbocycles. The summed E-state index contributed by atoms with van der Waals surface area (Å²) >= 11 is 3.12. The van der Waals surface area contributed by atoms with Crippen molar-refractivity contribution in [2.24, 2.45) is 5.73 Å². The van der Waals surface area contributed by atoms with E-state index in [1.807, 2.05) is 0 Å². The van der Waals surface area contributed by atoms with E-state index in [0.29, 0.717) is 10.0 Å². The normalized spacial score (nSPS) is 9.86. The number of carbonyl (C=O) groups excluding carboxylic acids is 1. The van der Waals surface area contributed by atoms with Gasteiger partial charge < -0.3 is 5.73 Å². The highest BCUT2D eigenvalue weighted by molar-refractivity contribution is 9.10. The van der Waals surface area contributed by atoms with Crippen molar-refractivity contribution in [3.63, 3.8) is 0 Å². The molecule has 2 N–H and O–H groups in total. The van der Waals surface area contributed by atoms with E-state index in [2.05, 4.69) is 15.9 Å². The maximum Gasteiger partial charge on any atom is 0.271 e. The van der Waals surface area contributed by atoms with Gasteiger partial charge >= 0.3 is 0 Å². The average Bonchev–Trinajstić information content (AvgIpc) is 2.08. The fraction of sp³-hybridized carbons (Fsp3) is 0.125. The lowest BCUT2D eigenvalue weighted by Crippen LogP contribution is -2.13. The Morgan fingerprint density at radius 3 is 2.57 bits per heavy atom. The first-order valence-electron chi connectivity index (χ1n) is 3.68. The van der Waals surface area contributed by atoms with Crippen LogP contribution >= 0.6 is 15.9 Å². The topological polar surface area (TPSA) is 86.2 Å². The Bertz CT molecular complexity index is 417. The maximum atomic E-state index is 10.9. The lowest BCUT2D eigenvalue weighted by atomic mass is 10.1. The highest BCUT2D eigenvalue weighted by Gasteiger charge is 2.15. The van der Waals surface area contributed by atoms with E-state index in [1.165, 1.54) is 12.1 Å². The summed E-state index contributed by atoms with van der Waals surface area (Å²) in [6.07, 6.45) is 0. The Morgan fingerprint density at radius 1 is 1.57 bits per heavy atom. The Labute approximate surface area is 88.2 Å². The van der Waals surface area contributed by atoms with Gasteiger partial charge in [0.2, 0.25) is 5.91 Å². The van der Waals surface area contributed by atoms with Crippen LogP contribution in [0.2, 0.25) is 0 Å². The Hall–Kier alpha value is -1.43. The van der Waals surface area contributed by atoms with E-state index >= 15 is 0 Å². The van der Waals surface area contributed by atoms with Gasteiger partial charge in [0.1, 0.15) is 0 Å². The van der Waals surface area contributed by atoms with Crippen molar-refractivity contribution in [1.82, 2.24) is 0 Å². The van der Waals surface area contributed by atoms with Gasteiger partial charge in [-0.2, -0.15) is 0 Å². The largest absolute Gasteiger partial charge is 0.366 e. The van der Waals surface area contributed by atoms with Crippen LogP contribution in [-0.2, 0) is 0 Å². The molecule has 0 aromatic heterocycles. The Balaban J connectivity index is 3.43. The summed E-state index contributed by atoms with van der Waals surface area (Å²) in [6, 6.07) is 2.50. The lowest BCUT2D eigenvalue weighted by molar-refractivity contribution is -0.385. The number of nitrogens with zero attached hydrogens (tertiary/aromatic N) is 1. The van der Waals surface area contributed by atoms with Gasteiger partial charge in [0.05, 0.1) is 4.92 Å². The Kier molecular flexibility index (Phi) is 2.85. The number of nitro groups is 1. The zero-order valence-electron chi connectivity index (χ0n) is 7.28. The van der Waals surface area contributed by atoms with Gasteiger partial charge in [-0.25, -0.2) is 0 Å². The predicted octanol–water partition coefficient (Wildman–Crippen LogP) is 1.76. The Morgan fingerprint density at radius 2 is 2.14 bits per heavy atom. The molecule has 74 valence electrons. The minimum atomic E-state index is -0.674. The molecule has 0 aliphatic heterocycles. The summed E-state index contributed by atoms with van der Waals surface area (Å²) in [5.41, 5.74) is 5.67. The first kappa shape index (κ1) is 10.6. The monoisotopic (exact) mass is 258 g/mol. The lowest BCUT2D eigenvalue weighted by Gasteiger charge is -2.03. The average molecular weight is 259 g/mol. The number of nitro benzene ring substituents is 1. The molecule has 0 saturated heterocycles. The molecule has 0 radical (unpaired) electrons. The zero-order chi connectivity index (χ0) is 10.9. The fourth-order valence-electron chi connectivity index (χ4n) is 1.03. The number of rotatable bonds is 2. The minimum Gasteiger partial charge on any atom is -0.366 e. The number of halogens is 1. The number of amides is 1. The molecule has 0 unspecified atom stereocenters. The van der Waals surface area contributed by atoms with Crippen molar-refractivity contribution in [3.8, 4) is 0 Å². The van der Waals surface area contributed by atoms with Gasteiger partial charge in [0.15, 0.2) is 0 Å². The second kappa shape index (κ2) is 3.75. The van der Waals surface area contributed by atoms with Crippen molar-refractivity contribution < 1.29 is 9.72 Å². The van der Waals surface area contributed by atoms with E-state index in [-0.39, 0.29) is 11.3 Å². The maximum absolute atomic E-state index is 10.9. The third-order valence-corrected chi connectivity index (χ3v) is 2.63. The number of carbonyl (C=O) groups is 1. The molecule has 0 aliphatic rings. The zero-order valence-corrected chi connectivity index (χ0v) is 8.87. The van der Waals surface area contributed by atoms with E-state index in [1.54, 1.807) is 6.92 Å². The fourth-order valence-corrected chi connectivity index (χ4v) is 1.47. The minimum absolute atomic E-state index is 0.156. The summed E-state index contributed by atoms with van der Waals surface area (Å²) < 4.78 is 0.500. The number of benzene rings is 1. The van der Waals surface area contributed by atoms with E-state index < -0.39 is 10.8 Å². The van der Waals surface area contributed by atoms with Crippen LogP contribution < -0.4 is 5.73 Å². The number of non-ortho nitro benzene ring substituents is 1. The molecule has 0 saturated carbocycles. The van der Waals surface area contributed by atoms with Crippen molar-refractivity contribution in [2.45, 2.75) is 6.92 Å². The van der Waals surface area contributed by atoms with Crippen LogP contribution in [0.25, 0.3) is 0 Å². The third-order valence-electron chi connectivity index (χ3n) is 1.81. The van der Waals surface area contributed by atoms with Crippen LogP contribution in [0.1, 0.15) is 15.9 Å². The molecule has 0 atom stereocenters. The first-order chi connectivity index (χ1) is 6.43. The van der Waals surface area contributed by atoms with E-state index in [0.717, 1.165) is 0 Å². The second-order valence-electron chi connectivity index (χ2n) is 2.72. The van der Waals surface area contributed by atoms with Crippen LogP contribution in [-0.4, -0.2) is 10.8 Å². The van der Waals surface area contributed by atoms with E-state index in [9.17, 15) is 14.9 Å². The smallest absolute Gasteiger partial charge is 0.271 e. The molecule has 1 amide bonds. The molecular formula is C8H7BrN2O3. The van der Waals surface area contributed by atoms with Crippen LogP contribution in [0.3, 0.4) is 0 Å². The number of hydrogen-bond acceptors (Lipinski definition) is 3. The molecule has 0 heterocycles. The van der Waals surface area contributed by atoms with Crippen LogP contribution in [0.5, 0.6) is 0 Å². The number of hydrogen-bond donors (Lipinski definition) is 1. The quantitative estimate of drug-likeness (QED) is 0.648. The van der Waals surface area contributed by atoms with Crippen molar-refractivity contribution >= 4 is 27.5 Å². The molecule has 0 spiro atoms. The summed E-state index contributed by atoms with van der Waals surface area (Å²) in [7, 11) is 0. The number of nitrogens with two attached hydrogens (primary N) is 1. The van der Waals surface area contributed by atoms with Gasteiger partial charge in [-0.1, -0.05) is 15.9 Å². The molecular weight excluding hydrogens is 252 g/mol. The molecule has 1 aromatic rings. The third kappa shape index (κ3) is 1.90. The molecule has 6 heteroatoms. The van der Waals surface area contributed by atoms with Gasteiger partial charge in [0.25, 0.3) is 5.69 Å². The van der Waals surface area contributed by atoms with Crippen LogP contribution in [0, 0.1) is 17.0 Å². The van der Waals surface area contributed by atoms with Crippen molar-refractivity contribution in [3.05, 3.63) is 37.8 Å². The van der Waals surface area contributed by atoms with Gasteiger partial charge in [0, 0.05) is 22.2 Å². The van der Waals surface area contributed by atoms with Crippen molar-refractivity contribution in [2.75, 3.05) is 0 Å². The molecule has 1 rings (SSSR count). The molecule has 5 nitrogen and oxygen atoms in total. The standard InChI is InChI=1S/C8H7BrN2O3/c1-4-6(8(10)12)2-5(11(13)14)3-7(4)9/h2-3H,1H3,(H2,10,12). The summed E-state index contributed by atoms with van der Waals surface area (Å²) in [4.78, 5) is 20.8. The highest BCUT2D eigenvalue weighted by Crippen LogP contribution is 2.25. The van der Waals surface area contributed by atoms with Crippen LogP contribution in [0.4, 0.5) is 5.69 Å². The SMILES string of the molecule is Cc1c(Br)cc([N+](=O)[O-])cc1C(N)=O. The summed E-state index contributed by atoms with van der Waals surface area (Å²) in [5, 5.41) is 10.5. The first-order valence-corrected chi connectivity index (χ1v) is 4.47. The van der Waals surface area contributed by atoms with Crippen LogP contribution in [0.15, 0.2) is 16.6 Å². The summed E-state index contributed by atoms with van der Waals surface area (Å²) in [5.74, 6) is -0.674. The molecule has 0 fully saturated rings. The van der Waals surface area contributed by atoms with Gasteiger partial charge in [-0.05, 0) is 12.5 Å². The molecule has 0 bridgehead atoms. The van der Waals surface area contributed by atoms with Gasteiger partial charge in [-0.15, -0.1) is 0 Å². The predicted molar refractivity (Wildman–Crippen MR) is 54.1 cm³/mol. The number of primary amides is 1. The van der Waals surface area contributed by atoms with E-state index in [4.69, 9.17) is 5.73 Å².